The van der Waals surface area contributed by atoms with Gasteiger partial charge in [-0.25, -0.2) is 9.48 Å². The summed E-state index contributed by atoms with van der Waals surface area (Å²) in [5.41, 5.74) is 2.24. The number of aromatic hydroxyl groups is 1. The van der Waals surface area contributed by atoms with Crippen LogP contribution in [-0.4, -0.2) is 20.9 Å². The smallest absolute Gasteiger partial charge is 0.338 e. The van der Waals surface area contributed by atoms with Crippen LogP contribution < -0.4 is 0 Å². The van der Waals surface area contributed by atoms with Crippen molar-refractivity contribution >= 4 is 5.97 Å². The van der Waals surface area contributed by atoms with E-state index in [9.17, 15) is 9.90 Å². The molecule has 3 rings (SSSR count). The maximum absolute atomic E-state index is 11.9. The molecule has 1 N–H and O–H groups in total. The van der Waals surface area contributed by atoms with E-state index in [0.29, 0.717) is 5.56 Å². The number of carbonyl (C=O) groups excluding carboxylic acids is 1. The zero-order valence-electron chi connectivity index (χ0n) is 11.7. The predicted octanol–water partition coefficient (Wildman–Crippen LogP) is 2.93. The molecule has 0 aliphatic carbocycles. The molecule has 5 heteroatoms. The fourth-order valence-electron chi connectivity index (χ4n) is 2.00. The molecule has 3 aromatic rings. The molecule has 0 bridgehead atoms. The summed E-state index contributed by atoms with van der Waals surface area (Å²) in [6.45, 7) is 0.194. The quantitative estimate of drug-likeness (QED) is 0.751. The highest BCUT2D eigenvalue weighted by Crippen LogP contribution is 2.13. The summed E-state index contributed by atoms with van der Waals surface area (Å²) in [4.78, 5) is 11.9. The van der Waals surface area contributed by atoms with Gasteiger partial charge in [0.15, 0.2) is 0 Å². The van der Waals surface area contributed by atoms with Crippen molar-refractivity contribution in [2.45, 2.75) is 6.61 Å². The molecule has 0 saturated carbocycles. The van der Waals surface area contributed by atoms with Crippen molar-refractivity contribution in [1.82, 2.24) is 9.78 Å². The molecular weight excluding hydrogens is 280 g/mol. The van der Waals surface area contributed by atoms with Gasteiger partial charge in [-0.1, -0.05) is 12.1 Å². The van der Waals surface area contributed by atoms with Crippen molar-refractivity contribution in [2.24, 2.45) is 0 Å². The third-order valence-electron chi connectivity index (χ3n) is 3.18. The van der Waals surface area contributed by atoms with Crippen LogP contribution in [0.1, 0.15) is 15.9 Å². The highest BCUT2D eigenvalue weighted by Gasteiger charge is 2.07. The van der Waals surface area contributed by atoms with E-state index in [1.807, 2.05) is 36.5 Å². The molecule has 0 saturated heterocycles. The lowest BCUT2D eigenvalue weighted by Crippen LogP contribution is -2.05. The molecule has 1 aromatic heterocycles. The van der Waals surface area contributed by atoms with Gasteiger partial charge in [-0.3, -0.25) is 0 Å². The zero-order chi connectivity index (χ0) is 15.4. The van der Waals surface area contributed by atoms with Crippen LogP contribution in [0.5, 0.6) is 5.75 Å². The van der Waals surface area contributed by atoms with Gasteiger partial charge in [0.1, 0.15) is 12.4 Å². The molecule has 0 amide bonds. The molecule has 0 unspecified atom stereocenters. The van der Waals surface area contributed by atoms with Gasteiger partial charge in [0.05, 0.1) is 11.3 Å². The average Bonchev–Trinajstić information content (AvgIpc) is 3.08. The fourth-order valence-corrected chi connectivity index (χ4v) is 2.00. The molecule has 0 aliphatic rings. The summed E-state index contributed by atoms with van der Waals surface area (Å²) in [7, 11) is 0. The van der Waals surface area contributed by atoms with Gasteiger partial charge in [0, 0.05) is 12.4 Å². The van der Waals surface area contributed by atoms with Crippen LogP contribution >= 0.6 is 0 Å². The SMILES string of the molecule is O=C(OCc1ccc(-n2cccn2)cc1)c1ccc(O)cc1. The first-order valence-electron chi connectivity index (χ1n) is 6.77. The highest BCUT2D eigenvalue weighted by atomic mass is 16.5. The number of benzene rings is 2. The second-order valence-electron chi connectivity index (χ2n) is 4.74. The lowest BCUT2D eigenvalue weighted by Gasteiger charge is -2.06. The van der Waals surface area contributed by atoms with Gasteiger partial charge in [-0.05, 0) is 48.0 Å². The summed E-state index contributed by atoms with van der Waals surface area (Å²) >= 11 is 0. The maximum Gasteiger partial charge on any atom is 0.338 e. The van der Waals surface area contributed by atoms with Crippen molar-refractivity contribution < 1.29 is 14.6 Å². The number of ether oxygens (including phenoxy) is 1. The first-order valence-corrected chi connectivity index (χ1v) is 6.77. The number of phenols is 1. The van der Waals surface area contributed by atoms with Crippen LogP contribution in [0, 0.1) is 0 Å². The summed E-state index contributed by atoms with van der Waals surface area (Å²) in [5, 5.41) is 13.3. The lowest BCUT2D eigenvalue weighted by atomic mass is 10.2. The predicted molar refractivity (Wildman–Crippen MR) is 80.8 cm³/mol. The van der Waals surface area contributed by atoms with E-state index in [1.165, 1.54) is 24.3 Å². The summed E-state index contributed by atoms with van der Waals surface area (Å²) in [6.07, 6.45) is 3.58. The Kier molecular flexibility index (Phi) is 3.87. The number of phenolic OH excluding ortho intramolecular Hbond substituents is 1. The Bertz CT molecular complexity index is 748. The second-order valence-corrected chi connectivity index (χ2v) is 4.74. The van der Waals surface area contributed by atoms with Crippen LogP contribution in [0.2, 0.25) is 0 Å². The Morgan fingerprint density at radius 2 is 1.82 bits per heavy atom. The van der Waals surface area contributed by atoms with E-state index >= 15 is 0 Å². The second kappa shape index (κ2) is 6.13. The molecule has 0 atom stereocenters. The van der Waals surface area contributed by atoms with E-state index in [2.05, 4.69) is 5.10 Å². The van der Waals surface area contributed by atoms with E-state index in [-0.39, 0.29) is 12.4 Å². The topological polar surface area (TPSA) is 64.4 Å². The Morgan fingerprint density at radius 3 is 2.45 bits per heavy atom. The van der Waals surface area contributed by atoms with Gasteiger partial charge in [-0.2, -0.15) is 5.10 Å². The van der Waals surface area contributed by atoms with Gasteiger partial charge >= 0.3 is 5.97 Å². The summed E-state index contributed by atoms with van der Waals surface area (Å²) in [6, 6.07) is 15.4. The molecule has 110 valence electrons. The minimum atomic E-state index is -0.420. The molecule has 0 radical (unpaired) electrons. The standard InChI is InChI=1S/C17H14N2O3/c20-16-8-4-14(5-9-16)17(21)22-12-13-2-6-15(7-3-13)19-11-1-10-18-19/h1-11,20H,12H2. The molecule has 2 aromatic carbocycles. The van der Waals surface area contributed by atoms with Crippen LogP contribution in [-0.2, 0) is 11.3 Å². The Morgan fingerprint density at radius 1 is 1.09 bits per heavy atom. The monoisotopic (exact) mass is 294 g/mol. The van der Waals surface area contributed by atoms with Crippen molar-refractivity contribution in [3.63, 3.8) is 0 Å². The van der Waals surface area contributed by atoms with Crippen molar-refractivity contribution in [1.29, 1.82) is 0 Å². The summed E-state index contributed by atoms with van der Waals surface area (Å²) < 4.78 is 7.00. The number of rotatable bonds is 4. The van der Waals surface area contributed by atoms with Gasteiger partial charge < -0.3 is 9.84 Å². The van der Waals surface area contributed by atoms with Crippen LogP contribution in [0.25, 0.3) is 5.69 Å². The van der Waals surface area contributed by atoms with E-state index in [0.717, 1.165) is 11.3 Å². The number of carbonyl (C=O) groups is 1. The van der Waals surface area contributed by atoms with Crippen LogP contribution in [0.3, 0.4) is 0 Å². The first-order chi connectivity index (χ1) is 10.7. The Balaban J connectivity index is 1.61. The van der Waals surface area contributed by atoms with Crippen molar-refractivity contribution in [2.75, 3.05) is 0 Å². The van der Waals surface area contributed by atoms with Crippen LogP contribution in [0.15, 0.2) is 67.0 Å². The minimum absolute atomic E-state index is 0.116. The molecule has 0 fully saturated rings. The Hall–Kier alpha value is -3.08. The first kappa shape index (κ1) is 13.9. The highest BCUT2D eigenvalue weighted by molar-refractivity contribution is 5.89. The minimum Gasteiger partial charge on any atom is -0.508 e. The number of hydrogen-bond acceptors (Lipinski definition) is 4. The van der Waals surface area contributed by atoms with Crippen LogP contribution in [0.4, 0.5) is 0 Å². The summed E-state index contributed by atoms with van der Waals surface area (Å²) in [5.74, 6) is -0.304. The van der Waals surface area contributed by atoms with E-state index in [1.54, 1.807) is 10.9 Å². The largest absolute Gasteiger partial charge is 0.508 e. The molecular formula is C17H14N2O3. The third-order valence-corrected chi connectivity index (χ3v) is 3.18. The molecule has 22 heavy (non-hydrogen) atoms. The van der Waals surface area contributed by atoms with Gasteiger partial charge in [-0.15, -0.1) is 0 Å². The molecule has 0 spiro atoms. The lowest BCUT2D eigenvalue weighted by molar-refractivity contribution is 0.0472. The van der Waals surface area contributed by atoms with E-state index in [4.69, 9.17) is 4.74 Å². The number of aromatic nitrogens is 2. The Labute approximate surface area is 127 Å². The van der Waals surface area contributed by atoms with Gasteiger partial charge in [0.25, 0.3) is 0 Å². The van der Waals surface area contributed by atoms with Crippen molar-refractivity contribution in [3.05, 3.63) is 78.1 Å². The third kappa shape index (κ3) is 3.15. The number of esters is 1. The van der Waals surface area contributed by atoms with Gasteiger partial charge in [0.2, 0.25) is 0 Å². The molecule has 0 aliphatic heterocycles. The normalized spacial score (nSPS) is 10.4. The molecule has 1 heterocycles. The number of hydrogen-bond donors (Lipinski definition) is 1. The number of nitrogens with zero attached hydrogens (tertiary/aromatic N) is 2. The van der Waals surface area contributed by atoms with Crippen molar-refractivity contribution in [3.8, 4) is 11.4 Å². The fraction of sp³-hybridized carbons (Fsp3) is 0.0588. The zero-order valence-corrected chi connectivity index (χ0v) is 11.7. The average molecular weight is 294 g/mol. The van der Waals surface area contributed by atoms with E-state index < -0.39 is 5.97 Å². The molecule has 5 nitrogen and oxygen atoms in total. The maximum atomic E-state index is 11.9.